The smallest absolute Gasteiger partial charge is 0.0945 e. The zero-order valence-corrected chi connectivity index (χ0v) is 12.4. The lowest BCUT2D eigenvalue weighted by atomic mass is 10.2. The molecule has 0 radical (unpaired) electrons. The van der Waals surface area contributed by atoms with E-state index in [1.54, 1.807) is 7.11 Å². The number of halogens is 1. The molecule has 102 valence electrons. The molecule has 5 heteroatoms. The fraction of sp³-hybridized carbons (Fsp3) is 0.538. The van der Waals surface area contributed by atoms with Gasteiger partial charge in [0.1, 0.15) is 0 Å². The monoisotopic (exact) mass is 317 g/mol. The van der Waals surface area contributed by atoms with Crippen LogP contribution in [0.25, 0.3) is 0 Å². The van der Waals surface area contributed by atoms with Crippen LogP contribution in [0.2, 0.25) is 0 Å². The van der Waals surface area contributed by atoms with E-state index in [0.29, 0.717) is 26.4 Å². The van der Waals surface area contributed by atoms with Crippen molar-refractivity contribution in [1.29, 1.82) is 0 Å². The van der Waals surface area contributed by atoms with E-state index in [1.165, 1.54) is 0 Å². The molecule has 0 aliphatic rings. The number of methoxy groups -OCH3 is 1. The van der Waals surface area contributed by atoms with Crippen molar-refractivity contribution in [1.82, 2.24) is 0 Å². The van der Waals surface area contributed by atoms with Crippen molar-refractivity contribution in [2.24, 2.45) is 0 Å². The molecule has 1 aromatic carbocycles. The molecule has 18 heavy (non-hydrogen) atoms. The van der Waals surface area contributed by atoms with Crippen molar-refractivity contribution >= 4 is 21.6 Å². The Morgan fingerprint density at radius 2 is 2.17 bits per heavy atom. The highest BCUT2D eigenvalue weighted by Gasteiger charge is 2.06. The van der Waals surface area contributed by atoms with Gasteiger partial charge in [-0.25, -0.2) is 0 Å². The van der Waals surface area contributed by atoms with Crippen LogP contribution in [0.3, 0.4) is 0 Å². The van der Waals surface area contributed by atoms with Gasteiger partial charge in [-0.3, -0.25) is 0 Å². The van der Waals surface area contributed by atoms with Crippen LogP contribution in [0.1, 0.15) is 5.56 Å². The van der Waals surface area contributed by atoms with E-state index in [0.717, 1.165) is 15.7 Å². The van der Waals surface area contributed by atoms with E-state index in [-0.39, 0.29) is 0 Å². The van der Waals surface area contributed by atoms with E-state index in [2.05, 4.69) is 21.2 Å². The average molecular weight is 318 g/mol. The van der Waals surface area contributed by atoms with E-state index in [9.17, 15) is 5.11 Å². The van der Waals surface area contributed by atoms with Crippen molar-refractivity contribution in [3.8, 4) is 0 Å². The minimum atomic E-state index is -0.528. The lowest BCUT2D eigenvalue weighted by molar-refractivity contribution is 0.0182. The van der Waals surface area contributed by atoms with Crippen molar-refractivity contribution in [3.05, 3.63) is 28.2 Å². The van der Waals surface area contributed by atoms with E-state index in [1.807, 2.05) is 25.1 Å². The second-order valence-electron chi connectivity index (χ2n) is 4.01. The number of aliphatic hydroxyl groups is 1. The summed E-state index contributed by atoms with van der Waals surface area (Å²) in [4.78, 5) is 0. The SMILES string of the molecule is COCCOCC(O)CNc1cccc(Br)c1C. The molecule has 0 saturated heterocycles. The van der Waals surface area contributed by atoms with Crippen LogP contribution in [0.5, 0.6) is 0 Å². The summed E-state index contributed by atoms with van der Waals surface area (Å²) in [6.07, 6.45) is -0.528. The predicted molar refractivity (Wildman–Crippen MR) is 76.1 cm³/mol. The zero-order chi connectivity index (χ0) is 13.4. The summed E-state index contributed by atoms with van der Waals surface area (Å²) in [7, 11) is 1.62. The van der Waals surface area contributed by atoms with E-state index in [4.69, 9.17) is 9.47 Å². The molecule has 1 aromatic rings. The summed E-state index contributed by atoms with van der Waals surface area (Å²) < 4.78 is 11.2. The molecule has 0 aliphatic heterocycles. The van der Waals surface area contributed by atoms with Crippen molar-refractivity contribution < 1.29 is 14.6 Å². The Morgan fingerprint density at radius 3 is 2.89 bits per heavy atom. The van der Waals surface area contributed by atoms with Crippen LogP contribution in [-0.2, 0) is 9.47 Å². The van der Waals surface area contributed by atoms with Crippen LogP contribution < -0.4 is 5.32 Å². The summed E-state index contributed by atoms with van der Waals surface area (Å²) in [5, 5.41) is 12.9. The molecule has 1 atom stereocenters. The van der Waals surface area contributed by atoms with Crippen LogP contribution in [0, 0.1) is 6.92 Å². The first-order chi connectivity index (χ1) is 8.65. The normalized spacial score (nSPS) is 12.4. The predicted octanol–water partition coefficient (Wildman–Crippen LogP) is 2.19. The van der Waals surface area contributed by atoms with Crippen LogP contribution in [0.4, 0.5) is 5.69 Å². The maximum absolute atomic E-state index is 9.73. The Morgan fingerprint density at radius 1 is 1.39 bits per heavy atom. The Kier molecular flexibility index (Phi) is 7.27. The van der Waals surface area contributed by atoms with Crippen molar-refractivity contribution in [2.45, 2.75) is 13.0 Å². The van der Waals surface area contributed by atoms with Crippen LogP contribution in [0.15, 0.2) is 22.7 Å². The third-order valence-corrected chi connectivity index (χ3v) is 3.40. The van der Waals surface area contributed by atoms with Gasteiger partial charge in [0.25, 0.3) is 0 Å². The quantitative estimate of drug-likeness (QED) is 0.722. The zero-order valence-electron chi connectivity index (χ0n) is 10.8. The fourth-order valence-corrected chi connectivity index (χ4v) is 1.81. The van der Waals surface area contributed by atoms with Gasteiger partial charge in [-0.15, -0.1) is 0 Å². The molecule has 0 spiro atoms. The number of benzene rings is 1. The molecule has 1 rings (SSSR count). The van der Waals surface area contributed by atoms with Gasteiger partial charge in [0, 0.05) is 23.8 Å². The van der Waals surface area contributed by atoms with Gasteiger partial charge in [0.05, 0.1) is 25.9 Å². The van der Waals surface area contributed by atoms with E-state index < -0.39 is 6.10 Å². The minimum absolute atomic E-state index is 0.309. The first-order valence-corrected chi connectivity index (χ1v) is 6.68. The molecule has 0 bridgehead atoms. The van der Waals surface area contributed by atoms with Gasteiger partial charge in [-0.05, 0) is 24.6 Å². The number of rotatable bonds is 8. The summed E-state index contributed by atoms with van der Waals surface area (Å²) in [5.41, 5.74) is 2.14. The third kappa shape index (κ3) is 5.35. The maximum Gasteiger partial charge on any atom is 0.0945 e. The summed E-state index contributed by atoms with van der Waals surface area (Å²) in [6, 6.07) is 5.93. The maximum atomic E-state index is 9.73. The summed E-state index contributed by atoms with van der Waals surface area (Å²) in [5.74, 6) is 0. The Labute approximate surface area is 116 Å². The fourth-order valence-electron chi connectivity index (χ4n) is 1.45. The number of nitrogens with one attached hydrogen (secondary N) is 1. The molecule has 2 N–H and O–H groups in total. The number of anilines is 1. The van der Waals surface area contributed by atoms with E-state index >= 15 is 0 Å². The first-order valence-electron chi connectivity index (χ1n) is 5.89. The van der Waals surface area contributed by atoms with Crippen molar-refractivity contribution in [2.75, 3.05) is 38.8 Å². The minimum Gasteiger partial charge on any atom is -0.389 e. The Hall–Kier alpha value is -0.620. The largest absolute Gasteiger partial charge is 0.389 e. The topological polar surface area (TPSA) is 50.7 Å². The first kappa shape index (κ1) is 15.4. The van der Waals surface area contributed by atoms with Crippen molar-refractivity contribution in [3.63, 3.8) is 0 Å². The molecule has 0 heterocycles. The molecule has 4 nitrogen and oxygen atoms in total. The highest BCUT2D eigenvalue weighted by molar-refractivity contribution is 9.10. The van der Waals surface area contributed by atoms with Gasteiger partial charge in [-0.2, -0.15) is 0 Å². The number of hydrogen-bond donors (Lipinski definition) is 2. The molecule has 0 aliphatic carbocycles. The summed E-state index contributed by atoms with van der Waals surface area (Å²) in [6.45, 7) is 3.84. The van der Waals surface area contributed by atoms with Gasteiger partial charge in [0.2, 0.25) is 0 Å². The Bertz CT molecular complexity index is 360. The Balaban J connectivity index is 2.29. The second-order valence-corrected chi connectivity index (χ2v) is 4.87. The standard InChI is InChI=1S/C13H20BrNO3/c1-10-12(14)4-3-5-13(10)15-8-11(16)9-18-7-6-17-2/h3-5,11,15-16H,6-9H2,1-2H3. The lowest BCUT2D eigenvalue weighted by Gasteiger charge is -2.15. The van der Waals surface area contributed by atoms with Gasteiger partial charge >= 0.3 is 0 Å². The third-order valence-electron chi connectivity index (χ3n) is 2.54. The van der Waals surface area contributed by atoms with Gasteiger partial charge in [0.15, 0.2) is 0 Å². The van der Waals surface area contributed by atoms with Gasteiger partial charge in [-0.1, -0.05) is 22.0 Å². The molecule has 0 fully saturated rings. The number of hydrogen-bond acceptors (Lipinski definition) is 4. The second kappa shape index (κ2) is 8.48. The molecule has 0 aromatic heterocycles. The molecule has 1 unspecified atom stereocenters. The molecular formula is C13H20BrNO3. The highest BCUT2D eigenvalue weighted by Crippen LogP contribution is 2.23. The van der Waals surface area contributed by atoms with Crippen LogP contribution >= 0.6 is 15.9 Å². The molecular weight excluding hydrogens is 298 g/mol. The summed E-state index contributed by atoms with van der Waals surface area (Å²) >= 11 is 3.47. The molecule has 0 saturated carbocycles. The van der Waals surface area contributed by atoms with Gasteiger partial charge < -0.3 is 19.9 Å². The van der Waals surface area contributed by atoms with Crippen LogP contribution in [-0.4, -0.2) is 44.7 Å². The number of ether oxygens (including phenoxy) is 2. The molecule has 0 amide bonds. The number of aliphatic hydroxyl groups excluding tert-OH is 1. The lowest BCUT2D eigenvalue weighted by Crippen LogP contribution is -2.25. The highest BCUT2D eigenvalue weighted by atomic mass is 79.9. The average Bonchev–Trinajstić information content (AvgIpc) is 2.36.